The Morgan fingerprint density at radius 1 is 1.42 bits per heavy atom. The number of para-hydroxylation sites is 1. The molecule has 0 heterocycles. The summed E-state index contributed by atoms with van der Waals surface area (Å²) in [6, 6.07) is 8.80. The van der Waals surface area contributed by atoms with Crippen molar-refractivity contribution < 1.29 is 9.47 Å². The summed E-state index contributed by atoms with van der Waals surface area (Å²) in [5.74, 6) is 0.932. The molecule has 0 bridgehead atoms. The second-order valence-electron chi connectivity index (χ2n) is 4.98. The van der Waals surface area contributed by atoms with E-state index in [0.29, 0.717) is 12.6 Å². The van der Waals surface area contributed by atoms with Crippen LogP contribution in [0.1, 0.15) is 18.4 Å². The first-order valence-electron chi connectivity index (χ1n) is 6.91. The third-order valence-electron chi connectivity index (χ3n) is 3.19. The highest BCUT2D eigenvalue weighted by Gasteiger charge is 2.22. The van der Waals surface area contributed by atoms with E-state index in [-0.39, 0.29) is 6.10 Å². The van der Waals surface area contributed by atoms with Crippen LogP contribution < -0.4 is 10.1 Å². The van der Waals surface area contributed by atoms with Gasteiger partial charge in [-0.25, -0.2) is 0 Å². The first-order valence-corrected chi connectivity index (χ1v) is 6.91. The normalized spacial score (nSPS) is 16.1. The Hall–Kier alpha value is -1.32. The zero-order valence-corrected chi connectivity index (χ0v) is 11.6. The summed E-state index contributed by atoms with van der Waals surface area (Å²) in [6.07, 6.45) is 5.35. The fourth-order valence-electron chi connectivity index (χ4n) is 2.03. The molecular weight excluding hydrogens is 238 g/mol. The Bertz CT molecular complexity index is 401. The molecule has 3 nitrogen and oxygen atoms in total. The van der Waals surface area contributed by atoms with Gasteiger partial charge in [-0.15, -0.1) is 6.58 Å². The Kier molecular flexibility index (Phi) is 5.43. The number of nitrogens with one attached hydrogen (secondary N) is 1. The Balaban J connectivity index is 1.95. The van der Waals surface area contributed by atoms with E-state index in [1.165, 1.54) is 18.4 Å². The minimum absolute atomic E-state index is 0.0524. The first-order chi connectivity index (χ1) is 9.33. The van der Waals surface area contributed by atoms with Gasteiger partial charge in [0.15, 0.2) is 0 Å². The van der Waals surface area contributed by atoms with Crippen LogP contribution in [0, 0.1) is 0 Å². The van der Waals surface area contributed by atoms with Gasteiger partial charge in [-0.05, 0) is 30.9 Å². The highest BCUT2D eigenvalue weighted by molar-refractivity contribution is 5.34. The van der Waals surface area contributed by atoms with Crippen LogP contribution in [-0.2, 0) is 11.2 Å². The quantitative estimate of drug-likeness (QED) is 0.693. The Morgan fingerprint density at radius 2 is 2.21 bits per heavy atom. The summed E-state index contributed by atoms with van der Waals surface area (Å²) < 4.78 is 11.3. The van der Waals surface area contributed by atoms with Crippen LogP contribution in [0.3, 0.4) is 0 Å². The van der Waals surface area contributed by atoms with Crippen LogP contribution in [0.2, 0.25) is 0 Å². The monoisotopic (exact) mass is 261 g/mol. The van der Waals surface area contributed by atoms with Crippen molar-refractivity contribution in [3.05, 3.63) is 42.5 Å². The van der Waals surface area contributed by atoms with Gasteiger partial charge in [-0.1, -0.05) is 24.3 Å². The van der Waals surface area contributed by atoms with E-state index in [4.69, 9.17) is 9.47 Å². The number of methoxy groups -OCH3 is 1. The fraction of sp³-hybridized carbons (Fsp3) is 0.500. The van der Waals surface area contributed by atoms with E-state index in [1.54, 1.807) is 7.11 Å². The zero-order valence-electron chi connectivity index (χ0n) is 11.6. The largest absolute Gasteiger partial charge is 0.486 e. The molecule has 1 aliphatic rings. The molecule has 1 aromatic carbocycles. The van der Waals surface area contributed by atoms with Crippen molar-refractivity contribution in [2.24, 2.45) is 0 Å². The standard InChI is InChI=1S/C16H23NO2/c1-3-6-13-7-4-5-8-16(13)19-15(12-18-2)11-17-14-9-10-14/h3-5,7-8,14-15,17H,1,6,9-12H2,2H3. The van der Waals surface area contributed by atoms with Crippen molar-refractivity contribution in [3.8, 4) is 5.75 Å². The van der Waals surface area contributed by atoms with Crippen LogP contribution in [0.25, 0.3) is 0 Å². The third kappa shape index (κ3) is 4.69. The smallest absolute Gasteiger partial charge is 0.134 e. The van der Waals surface area contributed by atoms with Gasteiger partial charge in [0.05, 0.1) is 6.61 Å². The molecule has 0 aromatic heterocycles. The van der Waals surface area contributed by atoms with Crippen molar-refractivity contribution in [1.29, 1.82) is 0 Å². The second kappa shape index (κ2) is 7.31. The molecule has 1 aromatic rings. The second-order valence-corrected chi connectivity index (χ2v) is 4.98. The SMILES string of the molecule is C=CCc1ccccc1OC(CNC1CC1)COC. The summed E-state index contributed by atoms with van der Waals surface area (Å²) >= 11 is 0. The lowest BCUT2D eigenvalue weighted by molar-refractivity contribution is 0.0798. The molecule has 0 aliphatic heterocycles. The van der Waals surface area contributed by atoms with Crippen molar-refractivity contribution in [1.82, 2.24) is 5.32 Å². The van der Waals surface area contributed by atoms with E-state index in [9.17, 15) is 0 Å². The minimum Gasteiger partial charge on any atom is -0.486 e. The number of rotatable bonds is 9. The van der Waals surface area contributed by atoms with Gasteiger partial charge < -0.3 is 14.8 Å². The lowest BCUT2D eigenvalue weighted by Gasteiger charge is -2.20. The van der Waals surface area contributed by atoms with Crippen LogP contribution in [0.5, 0.6) is 5.75 Å². The molecule has 0 spiro atoms. The van der Waals surface area contributed by atoms with Crippen molar-refractivity contribution in [2.45, 2.75) is 31.4 Å². The van der Waals surface area contributed by atoms with Crippen LogP contribution in [-0.4, -0.2) is 32.4 Å². The van der Waals surface area contributed by atoms with Gasteiger partial charge in [0, 0.05) is 19.7 Å². The minimum atomic E-state index is 0.0524. The van der Waals surface area contributed by atoms with E-state index in [0.717, 1.165) is 18.7 Å². The lowest BCUT2D eigenvalue weighted by Crippen LogP contribution is -2.36. The van der Waals surface area contributed by atoms with Crippen LogP contribution >= 0.6 is 0 Å². The molecule has 1 N–H and O–H groups in total. The molecule has 19 heavy (non-hydrogen) atoms. The average molecular weight is 261 g/mol. The highest BCUT2D eigenvalue weighted by Crippen LogP contribution is 2.21. The maximum absolute atomic E-state index is 6.08. The summed E-state index contributed by atoms with van der Waals surface area (Å²) in [5, 5.41) is 3.49. The summed E-state index contributed by atoms with van der Waals surface area (Å²) in [7, 11) is 1.71. The zero-order chi connectivity index (χ0) is 13.5. The molecule has 1 aliphatic carbocycles. The summed E-state index contributed by atoms with van der Waals surface area (Å²) in [6.45, 7) is 5.22. The van der Waals surface area contributed by atoms with E-state index >= 15 is 0 Å². The van der Waals surface area contributed by atoms with Gasteiger partial charge in [-0.2, -0.15) is 0 Å². The summed E-state index contributed by atoms with van der Waals surface area (Å²) in [5.41, 5.74) is 1.17. The molecule has 1 fully saturated rings. The molecule has 104 valence electrons. The van der Waals surface area contributed by atoms with E-state index in [1.807, 2.05) is 24.3 Å². The molecule has 0 radical (unpaired) electrons. The van der Waals surface area contributed by atoms with Crippen LogP contribution in [0.4, 0.5) is 0 Å². The summed E-state index contributed by atoms with van der Waals surface area (Å²) in [4.78, 5) is 0. The van der Waals surface area contributed by atoms with Gasteiger partial charge >= 0.3 is 0 Å². The maximum Gasteiger partial charge on any atom is 0.134 e. The number of hydrogen-bond acceptors (Lipinski definition) is 3. The fourth-order valence-corrected chi connectivity index (χ4v) is 2.03. The molecule has 1 saturated carbocycles. The van der Waals surface area contributed by atoms with Gasteiger partial charge in [0.1, 0.15) is 11.9 Å². The molecule has 1 atom stereocenters. The molecule has 3 heteroatoms. The predicted molar refractivity (Wildman–Crippen MR) is 77.7 cm³/mol. The van der Waals surface area contributed by atoms with Crippen LogP contribution in [0.15, 0.2) is 36.9 Å². The Morgan fingerprint density at radius 3 is 2.89 bits per heavy atom. The number of allylic oxidation sites excluding steroid dienone is 1. The van der Waals surface area contributed by atoms with E-state index in [2.05, 4.69) is 18.0 Å². The van der Waals surface area contributed by atoms with Gasteiger partial charge in [0.2, 0.25) is 0 Å². The first kappa shape index (κ1) is 14.1. The number of hydrogen-bond donors (Lipinski definition) is 1. The maximum atomic E-state index is 6.08. The lowest BCUT2D eigenvalue weighted by atomic mass is 10.1. The topological polar surface area (TPSA) is 30.5 Å². The van der Waals surface area contributed by atoms with Crippen molar-refractivity contribution in [2.75, 3.05) is 20.3 Å². The van der Waals surface area contributed by atoms with Gasteiger partial charge in [-0.3, -0.25) is 0 Å². The third-order valence-corrected chi connectivity index (χ3v) is 3.19. The predicted octanol–water partition coefficient (Wildman–Crippen LogP) is 2.56. The molecule has 1 unspecified atom stereocenters. The van der Waals surface area contributed by atoms with Crippen molar-refractivity contribution in [3.63, 3.8) is 0 Å². The molecule has 0 amide bonds. The Labute approximate surface area is 115 Å². The number of benzene rings is 1. The molecule has 2 rings (SSSR count). The van der Waals surface area contributed by atoms with Gasteiger partial charge in [0.25, 0.3) is 0 Å². The number of ether oxygens (including phenoxy) is 2. The molecular formula is C16H23NO2. The molecule has 0 saturated heterocycles. The average Bonchev–Trinajstić information content (AvgIpc) is 3.23. The van der Waals surface area contributed by atoms with E-state index < -0.39 is 0 Å². The highest BCUT2D eigenvalue weighted by atomic mass is 16.5. The van der Waals surface area contributed by atoms with Crippen molar-refractivity contribution >= 4 is 0 Å².